The molecule has 0 radical (unpaired) electrons. The Morgan fingerprint density at radius 2 is 2.45 bits per heavy atom. The first-order valence-electron chi connectivity index (χ1n) is 3.09. The number of nitrogens with two attached hydrogens (primary N) is 1. The Balaban J connectivity index is 0.000001000. The largest absolute Gasteiger partial charge is 0.395 e. The van der Waals surface area contributed by atoms with Crippen molar-refractivity contribution in [1.82, 2.24) is 4.37 Å². The highest BCUT2D eigenvalue weighted by molar-refractivity contribution is 7.05. The zero-order chi connectivity index (χ0) is 7.40. The highest BCUT2D eigenvalue weighted by atomic mass is 35.5. The summed E-state index contributed by atoms with van der Waals surface area (Å²) in [6.45, 7) is 0.0396. The Bertz CT molecular complexity index is 181. The molecule has 0 aliphatic heterocycles. The van der Waals surface area contributed by atoms with Gasteiger partial charge in [-0.05, 0) is 17.6 Å². The van der Waals surface area contributed by atoms with Crippen molar-refractivity contribution < 1.29 is 5.11 Å². The second kappa shape index (κ2) is 5.49. The zero-order valence-electron chi connectivity index (χ0n) is 5.93. The van der Waals surface area contributed by atoms with E-state index in [0.717, 1.165) is 11.3 Å². The van der Waals surface area contributed by atoms with Gasteiger partial charge in [-0.1, -0.05) is 0 Å². The molecular formula is C6H11ClN2OS. The van der Waals surface area contributed by atoms with Gasteiger partial charge in [0, 0.05) is 23.5 Å². The number of halogens is 1. The number of aliphatic hydroxyl groups excluding tert-OH is 1. The van der Waals surface area contributed by atoms with Gasteiger partial charge in [0.15, 0.2) is 0 Å². The average Bonchev–Trinajstić information content (AvgIpc) is 2.40. The van der Waals surface area contributed by atoms with Crippen LogP contribution in [-0.2, 0) is 6.42 Å². The van der Waals surface area contributed by atoms with Crippen molar-refractivity contribution in [3.05, 3.63) is 17.1 Å². The molecule has 0 aliphatic carbocycles. The summed E-state index contributed by atoms with van der Waals surface area (Å²) in [4.78, 5) is 1.13. The van der Waals surface area contributed by atoms with Gasteiger partial charge in [0.25, 0.3) is 0 Å². The molecule has 0 aromatic carbocycles. The SMILES string of the molecule is Cl.NC(CO)Cc1ccns1. The van der Waals surface area contributed by atoms with Crippen molar-refractivity contribution in [2.24, 2.45) is 5.73 Å². The van der Waals surface area contributed by atoms with E-state index in [4.69, 9.17) is 10.8 Å². The summed E-state index contributed by atoms with van der Waals surface area (Å²) in [6, 6.07) is 1.78. The molecular weight excluding hydrogens is 184 g/mol. The van der Waals surface area contributed by atoms with Crippen LogP contribution in [0.2, 0.25) is 0 Å². The lowest BCUT2D eigenvalue weighted by molar-refractivity contribution is 0.265. The highest BCUT2D eigenvalue weighted by Crippen LogP contribution is 2.06. The maximum absolute atomic E-state index is 8.59. The van der Waals surface area contributed by atoms with Gasteiger partial charge in [0.1, 0.15) is 0 Å². The van der Waals surface area contributed by atoms with E-state index < -0.39 is 0 Å². The summed E-state index contributed by atoms with van der Waals surface area (Å²) in [5.41, 5.74) is 5.49. The van der Waals surface area contributed by atoms with E-state index in [1.165, 1.54) is 11.5 Å². The molecule has 0 saturated heterocycles. The van der Waals surface area contributed by atoms with Gasteiger partial charge >= 0.3 is 0 Å². The molecule has 1 heterocycles. The lowest BCUT2D eigenvalue weighted by Gasteiger charge is -2.03. The Morgan fingerprint density at radius 3 is 2.91 bits per heavy atom. The molecule has 0 saturated carbocycles. The van der Waals surface area contributed by atoms with E-state index in [1.807, 2.05) is 6.07 Å². The van der Waals surface area contributed by atoms with Gasteiger partial charge in [-0.3, -0.25) is 0 Å². The van der Waals surface area contributed by atoms with Crippen molar-refractivity contribution in [2.75, 3.05) is 6.61 Å². The van der Waals surface area contributed by atoms with Crippen LogP contribution in [0.3, 0.4) is 0 Å². The van der Waals surface area contributed by atoms with Crippen LogP contribution in [-0.4, -0.2) is 22.1 Å². The summed E-state index contributed by atoms with van der Waals surface area (Å²) in [5, 5.41) is 8.59. The van der Waals surface area contributed by atoms with E-state index in [0.29, 0.717) is 0 Å². The van der Waals surface area contributed by atoms with Crippen molar-refractivity contribution in [3.63, 3.8) is 0 Å². The van der Waals surface area contributed by atoms with Crippen LogP contribution < -0.4 is 5.73 Å². The minimum Gasteiger partial charge on any atom is -0.395 e. The zero-order valence-corrected chi connectivity index (χ0v) is 7.57. The molecule has 0 bridgehead atoms. The first kappa shape index (κ1) is 10.8. The third-order valence-corrected chi connectivity index (χ3v) is 1.95. The first-order chi connectivity index (χ1) is 4.83. The molecule has 1 unspecified atom stereocenters. The van der Waals surface area contributed by atoms with Crippen molar-refractivity contribution in [1.29, 1.82) is 0 Å². The van der Waals surface area contributed by atoms with Crippen molar-refractivity contribution in [3.8, 4) is 0 Å². The maximum Gasteiger partial charge on any atom is 0.0586 e. The van der Waals surface area contributed by atoms with E-state index in [1.54, 1.807) is 6.20 Å². The smallest absolute Gasteiger partial charge is 0.0586 e. The molecule has 1 aromatic heterocycles. The minimum absolute atomic E-state index is 0. The molecule has 0 amide bonds. The fraction of sp³-hybridized carbons (Fsp3) is 0.500. The Labute approximate surface area is 75.8 Å². The third-order valence-electron chi connectivity index (χ3n) is 1.19. The lowest BCUT2D eigenvalue weighted by atomic mass is 10.2. The molecule has 0 spiro atoms. The van der Waals surface area contributed by atoms with Gasteiger partial charge in [0.2, 0.25) is 0 Å². The van der Waals surface area contributed by atoms with Crippen LogP contribution >= 0.6 is 23.9 Å². The number of rotatable bonds is 3. The molecule has 0 aliphatic rings. The fourth-order valence-corrected chi connectivity index (χ4v) is 1.34. The minimum atomic E-state index is -0.138. The monoisotopic (exact) mass is 194 g/mol. The molecule has 1 aromatic rings. The van der Waals surface area contributed by atoms with Crippen LogP contribution in [0.25, 0.3) is 0 Å². The Kier molecular flexibility index (Phi) is 5.41. The van der Waals surface area contributed by atoms with Crippen LogP contribution in [0.4, 0.5) is 0 Å². The molecule has 0 fully saturated rings. The third kappa shape index (κ3) is 3.67. The maximum atomic E-state index is 8.59. The molecule has 3 nitrogen and oxygen atoms in total. The number of hydrogen-bond donors (Lipinski definition) is 2. The molecule has 64 valence electrons. The lowest BCUT2D eigenvalue weighted by Crippen LogP contribution is -2.26. The highest BCUT2D eigenvalue weighted by Gasteiger charge is 2.02. The van der Waals surface area contributed by atoms with Crippen molar-refractivity contribution >= 4 is 23.9 Å². The van der Waals surface area contributed by atoms with Gasteiger partial charge in [0.05, 0.1) is 6.61 Å². The van der Waals surface area contributed by atoms with Gasteiger partial charge < -0.3 is 10.8 Å². The topological polar surface area (TPSA) is 59.1 Å². The standard InChI is InChI=1S/C6H10N2OS.ClH/c7-5(4-9)3-6-1-2-8-10-6;/h1-2,5,9H,3-4,7H2;1H. The number of nitrogens with zero attached hydrogens (tertiary/aromatic N) is 1. The molecule has 5 heteroatoms. The molecule has 3 N–H and O–H groups in total. The van der Waals surface area contributed by atoms with Crippen LogP contribution in [0.5, 0.6) is 0 Å². The van der Waals surface area contributed by atoms with E-state index in [9.17, 15) is 0 Å². The quantitative estimate of drug-likeness (QED) is 0.734. The number of aliphatic hydroxyl groups is 1. The van der Waals surface area contributed by atoms with Gasteiger partial charge in [-0.2, -0.15) is 0 Å². The van der Waals surface area contributed by atoms with E-state index >= 15 is 0 Å². The normalized spacial score (nSPS) is 12.2. The summed E-state index contributed by atoms with van der Waals surface area (Å²) in [7, 11) is 0. The molecule has 1 rings (SSSR count). The summed E-state index contributed by atoms with van der Waals surface area (Å²) < 4.78 is 3.91. The fourth-order valence-electron chi connectivity index (χ4n) is 0.670. The second-order valence-electron chi connectivity index (χ2n) is 2.13. The van der Waals surface area contributed by atoms with Crippen LogP contribution in [0.1, 0.15) is 4.88 Å². The second-order valence-corrected chi connectivity index (χ2v) is 3.04. The molecule has 1 atom stereocenters. The van der Waals surface area contributed by atoms with E-state index in [-0.39, 0.29) is 25.1 Å². The van der Waals surface area contributed by atoms with Crippen LogP contribution in [0, 0.1) is 0 Å². The average molecular weight is 195 g/mol. The van der Waals surface area contributed by atoms with E-state index in [2.05, 4.69) is 4.37 Å². The van der Waals surface area contributed by atoms with Crippen molar-refractivity contribution in [2.45, 2.75) is 12.5 Å². The predicted octanol–water partition coefficient (Wildman–Crippen LogP) is 0.427. The number of aromatic nitrogens is 1. The van der Waals surface area contributed by atoms with Gasteiger partial charge in [-0.15, -0.1) is 12.4 Å². The predicted molar refractivity (Wildman–Crippen MR) is 48.1 cm³/mol. The van der Waals surface area contributed by atoms with Crippen LogP contribution in [0.15, 0.2) is 12.3 Å². The first-order valence-corrected chi connectivity index (χ1v) is 3.86. The number of hydrogen-bond acceptors (Lipinski definition) is 4. The Morgan fingerprint density at radius 1 is 1.73 bits per heavy atom. The van der Waals surface area contributed by atoms with Gasteiger partial charge in [-0.25, -0.2) is 4.37 Å². The summed E-state index contributed by atoms with van der Waals surface area (Å²) in [5.74, 6) is 0. The summed E-state index contributed by atoms with van der Waals surface area (Å²) >= 11 is 1.43. The Hall–Kier alpha value is -0.160. The summed E-state index contributed by atoms with van der Waals surface area (Å²) in [6.07, 6.45) is 2.46. The molecule has 11 heavy (non-hydrogen) atoms.